The highest BCUT2D eigenvalue weighted by molar-refractivity contribution is 14.0. The maximum atomic E-state index is 5.73. The maximum Gasteiger partial charge on any atom is 0.193 e. The molecule has 2 saturated heterocycles. The molecule has 25 heavy (non-hydrogen) atoms. The summed E-state index contributed by atoms with van der Waals surface area (Å²) in [6.07, 6.45) is 7.93. The van der Waals surface area contributed by atoms with E-state index < -0.39 is 0 Å². The summed E-state index contributed by atoms with van der Waals surface area (Å²) in [5.41, 5.74) is 0. The van der Waals surface area contributed by atoms with Crippen LogP contribution in [0.1, 0.15) is 52.4 Å². The minimum Gasteiger partial charge on any atom is -0.378 e. The zero-order valence-electron chi connectivity index (χ0n) is 16.5. The second kappa shape index (κ2) is 13.1. The van der Waals surface area contributed by atoms with Crippen LogP contribution in [0.4, 0.5) is 0 Å². The maximum absolute atomic E-state index is 5.73. The molecule has 0 atom stereocenters. The van der Waals surface area contributed by atoms with Gasteiger partial charge in [0.1, 0.15) is 0 Å². The summed E-state index contributed by atoms with van der Waals surface area (Å²) in [6, 6.07) is 0. The number of likely N-dealkylation sites (tertiary alicyclic amines) is 2. The lowest BCUT2D eigenvalue weighted by Crippen LogP contribution is -2.47. The van der Waals surface area contributed by atoms with E-state index in [-0.39, 0.29) is 24.0 Å². The Balaban J connectivity index is 0.00000312. The molecule has 0 spiro atoms. The fourth-order valence-electron chi connectivity index (χ4n) is 3.75. The van der Waals surface area contributed by atoms with Crippen LogP contribution in [-0.4, -0.2) is 74.8 Å². The predicted octanol–water partition coefficient (Wildman–Crippen LogP) is 3.19. The quantitative estimate of drug-likeness (QED) is 0.271. The number of hydrogen-bond donors (Lipinski definition) is 1. The molecule has 5 nitrogen and oxygen atoms in total. The molecule has 148 valence electrons. The number of ether oxygens (including phenoxy) is 1. The molecular weight excluding hydrogens is 427 g/mol. The smallest absolute Gasteiger partial charge is 0.193 e. The SMILES string of the molecule is CCOC1CCN(C(=NC)NCCCCN2CCC(C)CC2)CC1.I. The Kier molecular flexibility index (Phi) is 12.1. The Hall–Kier alpha value is -0.0800. The van der Waals surface area contributed by atoms with E-state index in [9.17, 15) is 0 Å². The average Bonchev–Trinajstić information content (AvgIpc) is 2.61. The number of unbranched alkanes of at least 4 members (excludes halogenated alkanes) is 1. The van der Waals surface area contributed by atoms with E-state index in [0.717, 1.165) is 51.0 Å². The van der Waals surface area contributed by atoms with Gasteiger partial charge in [-0.3, -0.25) is 4.99 Å². The summed E-state index contributed by atoms with van der Waals surface area (Å²) in [5, 5.41) is 3.55. The monoisotopic (exact) mass is 466 g/mol. The number of rotatable bonds is 7. The second-order valence-electron chi connectivity index (χ2n) is 7.35. The minimum absolute atomic E-state index is 0. The zero-order chi connectivity index (χ0) is 17.2. The first kappa shape index (κ1) is 23.0. The molecule has 2 heterocycles. The van der Waals surface area contributed by atoms with Crippen LogP contribution in [0.3, 0.4) is 0 Å². The standard InChI is InChI=1S/C19H38N4O.HI/c1-4-24-18-9-15-23(16-10-18)19(20-3)21-11-5-6-12-22-13-7-17(2)8-14-22;/h17-18H,4-16H2,1-3H3,(H,20,21);1H. The van der Waals surface area contributed by atoms with Gasteiger partial charge >= 0.3 is 0 Å². The van der Waals surface area contributed by atoms with Crippen molar-refractivity contribution < 1.29 is 4.74 Å². The first-order valence-corrected chi connectivity index (χ1v) is 10.0. The zero-order valence-corrected chi connectivity index (χ0v) is 18.8. The van der Waals surface area contributed by atoms with Crippen LogP contribution in [-0.2, 0) is 4.74 Å². The molecule has 2 fully saturated rings. The molecular formula is C19H39IN4O. The molecule has 2 rings (SSSR count). The van der Waals surface area contributed by atoms with E-state index >= 15 is 0 Å². The summed E-state index contributed by atoms with van der Waals surface area (Å²) >= 11 is 0. The summed E-state index contributed by atoms with van der Waals surface area (Å²) in [5.74, 6) is 2.00. The Labute approximate surface area is 172 Å². The molecule has 0 amide bonds. The first-order chi connectivity index (χ1) is 11.7. The number of aliphatic imine (C=N–C) groups is 1. The molecule has 0 aromatic heterocycles. The number of guanidine groups is 1. The molecule has 0 saturated carbocycles. The highest BCUT2D eigenvalue weighted by Gasteiger charge is 2.21. The number of piperidine rings is 2. The van der Waals surface area contributed by atoms with Gasteiger partial charge in [0.25, 0.3) is 0 Å². The van der Waals surface area contributed by atoms with Crippen molar-refractivity contribution in [1.29, 1.82) is 0 Å². The third-order valence-electron chi connectivity index (χ3n) is 5.42. The van der Waals surface area contributed by atoms with Gasteiger partial charge in [0.15, 0.2) is 5.96 Å². The molecule has 2 aliphatic heterocycles. The Morgan fingerprint density at radius 2 is 1.76 bits per heavy atom. The van der Waals surface area contributed by atoms with E-state index in [1.165, 1.54) is 45.3 Å². The van der Waals surface area contributed by atoms with Crippen molar-refractivity contribution in [1.82, 2.24) is 15.1 Å². The summed E-state index contributed by atoms with van der Waals surface area (Å²) in [7, 11) is 1.89. The Bertz CT molecular complexity index is 364. The number of nitrogens with one attached hydrogen (secondary N) is 1. The molecule has 2 aliphatic rings. The van der Waals surface area contributed by atoms with E-state index in [4.69, 9.17) is 4.74 Å². The molecule has 0 aromatic carbocycles. The molecule has 6 heteroatoms. The third-order valence-corrected chi connectivity index (χ3v) is 5.42. The van der Waals surface area contributed by atoms with Gasteiger partial charge in [-0.1, -0.05) is 6.92 Å². The Morgan fingerprint density at radius 1 is 1.08 bits per heavy atom. The van der Waals surface area contributed by atoms with Crippen molar-refractivity contribution in [2.24, 2.45) is 10.9 Å². The van der Waals surface area contributed by atoms with E-state index in [2.05, 4.69) is 34.0 Å². The van der Waals surface area contributed by atoms with Crippen molar-refractivity contribution in [3.05, 3.63) is 0 Å². The lowest BCUT2D eigenvalue weighted by molar-refractivity contribution is 0.0264. The summed E-state index contributed by atoms with van der Waals surface area (Å²) in [6.45, 7) is 12.3. The second-order valence-corrected chi connectivity index (χ2v) is 7.35. The van der Waals surface area contributed by atoms with Crippen LogP contribution < -0.4 is 5.32 Å². The van der Waals surface area contributed by atoms with E-state index in [1.54, 1.807) is 0 Å². The van der Waals surface area contributed by atoms with Gasteiger partial charge in [-0.15, -0.1) is 24.0 Å². The molecule has 0 aliphatic carbocycles. The van der Waals surface area contributed by atoms with Crippen LogP contribution >= 0.6 is 24.0 Å². The topological polar surface area (TPSA) is 40.1 Å². The van der Waals surface area contributed by atoms with Crippen molar-refractivity contribution in [2.75, 3.05) is 52.9 Å². The highest BCUT2D eigenvalue weighted by atomic mass is 127. The van der Waals surface area contributed by atoms with Crippen LogP contribution in [0, 0.1) is 5.92 Å². The minimum atomic E-state index is 0. The van der Waals surface area contributed by atoms with Gasteiger partial charge in [0.05, 0.1) is 6.10 Å². The first-order valence-electron chi connectivity index (χ1n) is 10.0. The number of nitrogens with zero attached hydrogens (tertiary/aromatic N) is 3. The predicted molar refractivity (Wildman–Crippen MR) is 117 cm³/mol. The van der Waals surface area contributed by atoms with Gasteiger partial charge in [0, 0.05) is 33.3 Å². The van der Waals surface area contributed by atoms with Crippen molar-refractivity contribution in [3.8, 4) is 0 Å². The van der Waals surface area contributed by atoms with Gasteiger partial charge in [-0.25, -0.2) is 0 Å². The van der Waals surface area contributed by atoms with Crippen LogP contribution in [0.5, 0.6) is 0 Å². The fraction of sp³-hybridized carbons (Fsp3) is 0.947. The van der Waals surface area contributed by atoms with Gasteiger partial charge in [0.2, 0.25) is 0 Å². The number of hydrogen-bond acceptors (Lipinski definition) is 3. The Morgan fingerprint density at radius 3 is 2.36 bits per heavy atom. The molecule has 0 bridgehead atoms. The third kappa shape index (κ3) is 8.43. The molecule has 0 radical (unpaired) electrons. The van der Waals surface area contributed by atoms with Gasteiger partial charge in [-0.2, -0.15) is 0 Å². The molecule has 1 N–H and O–H groups in total. The largest absolute Gasteiger partial charge is 0.378 e. The summed E-state index contributed by atoms with van der Waals surface area (Å²) < 4.78 is 5.73. The van der Waals surface area contributed by atoms with Crippen molar-refractivity contribution >= 4 is 29.9 Å². The van der Waals surface area contributed by atoms with Crippen LogP contribution in [0.15, 0.2) is 4.99 Å². The van der Waals surface area contributed by atoms with Gasteiger partial charge < -0.3 is 19.9 Å². The average molecular weight is 466 g/mol. The lowest BCUT2D eigenvalue weighted by atomic mass is 9.99. The van der Waals surface area contributed by atoms with Crippen LogP contribution in [0.2, 0.25) is 0 Å². The van der Waals surface area contributed by atoms with Gasteiger partial charge in [-0.05, 0) is 71.0 Å². The van der Waals surface area contributed by atoms with E-state index in [0.29, 0.717) is 6.10 Å². The lowest BCUT2D eigenvalue weighted by Gasteiger charge is -2.34. The molecule has 0 aromatic rings. The van der Waals surface area contributed by atoms with E-state index in [1.807, 2.05) is 7.05 Å². The van der Waals surface area contributed by atoms with Crippen molar-refractivity contribution in [3.63, 3.8) is 0 Å². The molecule has 0 unspecified atom stereocenters. The fourth-order valence-corrected chi connectivity index (χ4v) is 3.75. The normalized spacial score (nSPS) is 21.2. The number of halogens is 1. The summed E-state index contributed by atoms with van der Waals surface area (Å²) in [4.78, 5) is 9.47. The van der Waals surface area contributed by atoms with Crippen LogP contribution in [0.25, 0.3) is 0 Å². The highest BCUT2D eigenvalue weighted by Crippen LogP contribution is 2.16. The van der Waals surface area contributed by atoms with Crippen molar-refractivity contribution in [2.45, 2.75) is 58.5 Å².